The number of aliphatic imine (C=N–C) groups is 1. The van der Waals surface area contributed by atoms with Crippen LogP contribution in [0.4, 0.5) is 25.8 Å². The number of carbonyl (C=O) groups excluding carboxylic acids is 2. The average molecular weight is 537 g/mol. The molecule has 2 aromatic rings. The minimum atomic E-state index is -2.95. The molecular formula is C24H26F2N4O6S. The SMILES string of the molecule is CCC(CC)N1C(=O)[C@H](CC(=O)Nc2ccc(OC)cc2[N+](=O)[O-])SC1=Nc1ccc(OC(F)F)cc1. The molecule has 1 fully saturated rings. The summed E-state index contributed by atoms with van der Waals surface area (Å²) >= 11 is 1.11. The minimum Gasteiger partial charge on any atom is -0.496 e. The van der Waals surface area contributed by atoms with Crippen molar-refractivity contribution in [1.29, 1.82) is 0 Å². The Morgan fingerprint density at radius 1 is 1.19 bits per heavy atom. The largest absolute Gasteiger partial charge is 0.496 e. The fraction of sp³-hybridized carbons (Fsp3) is 0.375. The smallest absolute Gasteiger partial charge is 0.387 e. The zero-order chi connectivity index (χ0) is 27.1. The van der Waals surface area contributed by atoms with E-state index < -0.39 is 22.7 Å². The van der Waals surface area contributed by atoms with Crippen LogP contribution in [-0.4, -0.2) is 51.8 Å². The van der Waals surface area contributed by atoms with E-state index >= 15 is 0 Å². The lowest BCUT2D eigenvalue weighted by Crippen LogP contribution is -2.41. The molecule has 1 saturated heterocycles. The number of amides is 2. The van der Waals surface area contributed by atoms with Gasteiger partial charge in [0.15, 0.2) is 5.17 Å². The first-order chi connectivity index (χ1) is 17.7. The minimum absolute atomic E-state index is 0.0110. The zero-order valence-corrected chi connectivity index (χ0v) is 21.2. The molecule has 0 aliphatic carbocycles. The summed E-state index contributed by atoms with van der Waals surface area (Å²) in [4.78, 5) is 43.0. The van der Waals surface area contributed by atoms with E-state index in [1.54, 1.807) is 4.90 Å². The number of alkyl halides is 2. The van der Waals surface area contributed by atoms with Gasteiger partial charge in [0.05, 0.1) is 23.8 Å². The number of amidine groups is 1. The summed E-state index contributed by atoms with van der Waals surface area (Å²) in [7, 11) is 1.37. The number of halogens is 2. The number of thioether (sulfide) groups is 1. The Bertz CT molecular complexity index is 1170. The Balaban J connectivity index is 1.81. The van der Waals surface area contributed by atoms with Gasteiger partial charge in [-0.25, -0.2) is 4.99 Å². The van der Waals surface area contributed by atoms with Crippen molar-refractivity contribution in [1.82, 2.24) is 4.90 Å². The van der Waals surface area contributed by atoms with E-state index in [0.717, 1.165) is 11.8 Å². The number of nitrogens with zero attached hydrogens (tertiary/aromatic N) is 3. The van der Waals surface area contributed by atoms with Gasteiger partial charge in [0, 0.05) is 12.5 Å². The van der Waals surface area contributed by atoms with Gasteiger partial charge in [0.25, 0.3) is 5.69 Å². The van der Waals surface area contributed by atoms with Crippen LogP contribution in [0.2, 0.25) is 0 Å². The lowest BCUT2D eigenvalue weighted by Gasteiger charge is -2.25. The second kappa shape index (κ2) is 12.5. The highest BCUT2D eigenvalue weighted by atomic mass is 32.2. The van der Waals surface area contributed by atoms with Crippen LogP contribution in [-0.2, 0) is 9.59 Å². The van der Waals surface area contributed by atoms with Crippen molar-refractivity contribution in [2.24, 2.45) is 4.99 Å². The number of nitrogens with one attached hydrogen (secondary N) is 1. The van der Waals surface area contributed by atoms with E-state index in [0.29, 0.717) is 23.7 Å². The first-order valence-corrected chi connectivity index (χ1v) is 12.3. The van der Waals surface area contributed by atoms with E-state index in [2.05, 4.69) is 15.0 Å². The van der Waals surface area contributed by atoms with Crippen LogP contribution >= 0.6 is 11.8 Å². The molecule has 2 amide bonds. The molecule has 0 bridgehead atoms. The van der Waals surface area contributed by atoms with Crippen LogP contribution in [0.1, 0.15) is 33.1 Å². The van der Waals surface area contributed by atoms with Crippen LogP contribution in [0.15, 0.2) is 47.5 Å². The van der Waals surface area contributed by atoms with Crippen LogP contribution < -0.4 is 14.8 Å². The van der Waals surface area contributed by atoms with Crippen LogP contribution in [0.3, 0.4) is 0 Å². The predicted molar refractivity (Wildman–Crippen MR) is 136 cm³/mol. The van der Waals surface area contributed by atoms with Gasteiger partial charge in [-0.3, -0.25) is 24.6 Å². The number of benzene rings is 2. The highest BCUT2D eigenvalue weighted by Gasteiger charge is 2.42. The average Bonchev–Trinajstić information content (AvgIpc) is 3.15. The van der Waals surface area contributed by atoms with Crippen molar-refractivity contribution in [3.05, 3.63) is 52.6 Å². The first kappa shape index (κ1) is 27.8. The van der Waals surface area contributed by atoms with Gasteiger partial charge in [0.1, 0.15) is 22.4 Å². The Hall–Kier alpha value is -3.74. The molecule has 13 heteroatoms. The van der Waals surface area contributed by atoms with Crippen molar-refractivity contribution in [3.8, 4) is 11.5 Å². The maximum Gasteiger partial charge on any atom is 0.387 e. The van der Waals surface area contributed by atoms with Gasteiger partial charge in [-0.05, 0) is 49.2 Å². The summed E-state index contributed by atoms with van der Waals surface area (Å²) in [5, 5.41) is 13.5. The molecular weight excluding hydrogens is 510 g/mol. The Morgan fingerprint density at radius 2 is 1.84 bits per heavy atom. The molecule has 0 unspecified atom stereocenters. The maximum atomic E-state index is 13.3. The summed E-state index contributed by atoms with van der Waals surface area (Å²) in [6, 6.07) is 9.56. The summed E-state index contributed by atoms with van der Waals surface area (Å²) in [6.07, 6.45) is 1.07. The molecule has 1 N–H and O–H groups in total. The fourth-order valence-electron chi connectivity index (χ4n) is 3.76. The lowest BCUT2D eigenvalue weighted by molar-refractivity contribution is -0.384. The van der Waals surface area contributed by atoms with Gasteiger partial charge >= 0.3 is 6.61 Å². The van der Waals surface area contributed by atoms with Gasteiger partial charge in [0.2, 0.25) is 11.8 Å². The van der Waals surface area contributed by atoms with E-state index in [1.165, 1.54) is 49.6 Å². The molecule has 1 aliphatic rings. The van der Waals surface area contributed by atoms with Crippen molar-refractivity contribution < 1.29 is 32.8 Å². The van der Waals surface area contributed by atoms with E-state index in [1.807, 2.05) is 13.8 Å². The van der Waals surface area contributed by atoms with Crippen molar-refractivity contribution in [2.45, 2.75) is 51.0 Å². The molecule has 0 saturated carbocycles. The van der Waals surface area contributed by atoms with E-state index in [-0.39, 0.29) is 41.2 Å². The number of hydrogen-bond acceptors (Lipinski definition) is 8. The molecule has 10 nitrogen and oxygen atoms in total. The quantitative estimate of drug-likeness (QED) is 0.303. The van der Waals surface area contributed by atoms with Gasteiger partial charge in [-0.15, -0.1) is 0 Å². The number of ether oxygens (including phenoxy) is 2. The molecule has 2 aromatic carbocycles. The second-order valence-electron chi connectivity index (χ2n) is 7.94. The molecule has 1 heterocycles. The second-order valence-corrected chi connectivity index (χ2v) is 9.11. The van der Waals surface area contributed by atoms with E-state index in [4.69, 9.17) is 4.74 Å². The summed E-state index contributed by atoms with van der Waals surface area (Å²) < 4.78 is 34.2. The van der Waals surface area contributed by atoms with Crippen molar-refractivity contribution >= 4 is 45.8 Å². The highest BCUT2D eigenvalue weighted by Crippen LogP contribution is 2.35. The number of methoxy groups -OCH3 is 1. The van der Waals surface area contributed by atoms with E-state index in [9.17, 15) is 28.5 Å². The highest BCUT2D eigenvalue weighted by molar-refractivity contribution is 8.15. The third-order valence-electron chi connectivity index (χ3n) is 5.61. The van der Waals surface area contributed by atoms with Crippen LogP contribution in [0.25, 0.3) is 0 Å². The number of nitro groups is 1. The van der Waals surface area contributed by atoms with Gasteiger partial charge in [-0.2, -0.15) is 8.78 Å². The normalized spacial score (nSPS) is 16.5. The molecule has 3 rings (SSSR count). The number of hydrogen-bond donors (Lipinski definition) is 1. The number of anilines is 1. The van der Waals surface area contributed by atoms with Gasteiger partial charge in [-0.1, -0.05) is 25.6 Å². The Morgan fingerprint density at radius 3 is 2.41 bits per heavy atom. The first-order valence-electron chi connectivity index (χ1n) is 11.4. The van der Waals surface area contributed by atoms with Crippen LogP contribution in [0.5, 0.6) is 11.5 Å². The standard InChI is InChI=1S/C24H26F2N4O6S/c1-4-15(5-2)29-22(32)20(37-24(29)27-14-6-8-16(9-7-14)36-23(25)26)13-21(31)28-18-11-10-17(35-3)12-19(18)30(33)34/h6-12,15,20,23H,4-5,13H2,1-3H3,(H,28,31)/t20-/m0/s1. The number of carbonyl (C=O) groups is 2. The van der Waals surface area contributed by atoms with Crippen molar-refractivity contribution in [3.63, 3.8) is 0 Å². The third kappa shape index (κ3) is 6.94. The summed E-state index contributed by atoms with van der Waals surface area (Å²) in [5.41, 5.74) is 0.0770. The third-order valence-corrected chi connectivity index (χ3v) is 6.76. The van der Waals surface area contributed by atoms with Crippen molar-refractivity contribution in [2.75, 3.05) is 12.4 Å². The summed E-state index contributed by atoms with van der Waals surface area (Å²) in [5.74, 6) is -0.623. The molecule has 1 atom stereocenters. The molecule has 0 spiro atoms. The molecule has 0 aromatic heterocycles. The molecule has 0 radical (unpaired) electrons. The topological polar surface area (TPSA) is 123 Å². The zero-order valence-electron chi connectivity index (χ0n) is 20.4. The lowest BCUT2D eigenvalue weighted by atomic mass is 10.1. The predicted octanol–water partition coefficient (Wildman–Crippen LogP) is 5.35. The molecule has 37 heavy (non-hydrogen) atoms. The fourth-order valence-corrected chi connectivity index (χ4v) is 4.97. The Labute approximate surface area is 216 Å². The molecule has 1 aliphatic heterocycles. The monoisotopic (exact) mass is 536 g/mol. The van der Waals surface area contributed by atoms with Gasteiger partial charge < -0.3 is 14.8 Å². The number of nitro benzene ring substituents is 1. The van der Waals surface area contributed by atoms with Crippen LogP contribution in [0, 0.1) is 10.1 Å². The maximum absolute atomic E-state index is 13.3. The number of rotatable bonds is 11. The molecule has 198 valence electrons. The Kier molecular flexibility index (Phi) is 9.39. The summed E-state index contributed by atoms with van der Waals surface area (Å²) in [6.45, 7) is 0.920.